The lowest BCUT2D eigenvalue weighted by Gasteiger charge is -2.38. The summed E-state index contributed by atoms with van der Waals surface area (Å²) >= 11 is 0. The van der Waals surface area contributed by atoms with E-state index in [1.54, 1.807) is 0 Å². The summed E-state index contributed by atoms with van der Waals surface area (Å²) in [4.78, 5) is 17.1. The van der Waals surface area contributed by atoms with Crippen molar-refractivity contribution in [2.24, 2.45) is 11.7 Å². The molecule has 1 fully saturated rings. The third kappa shape index (κ3) is 2.29. The van der Waals surface area contributed by atoms with Crippen LogP contribution in [0.25, 0.3) is 0 Å². The summed E-state index contributed by atoms with van der Waals surface area (Å²) < 4.78 is 0. The highest BCUT2D eigenvalue weighted by molar-refractivity contribution is 5.99. The Morgan fingerprint density at radius 3 is 2.65 bits per heavy atom. The SMILES string of the molecule is CCN1CCN(C(=O)C2CCC(N)C2)c2ccccc21. The summed E-state index contributed by atoms with van der Waals surface area (Å²) in [5.41, 5.74) is 8.19. The van der Waals surface area contributed by atoms with Crippen molar-refractivity contribution in [2.45, 2.75) is 32.2 Å². The number of hydrogen-bond acceptors (Lipinski definition) is 3. The normalized spacial score (nSPS) is 25.7. The fourth-order valence-electron chi connectivity index (χ4n) is 3.44. The monoisotopic (exact) mass is 273 g/mol. The second kappa shape index (κ2) is 5.44. The molecule has 2 aliphatic rings. The third-order valence-electron chi connectivity index (χ3n) is 4.58. The number of anilines is 2. The van der Waals surface area contributed by atoms with Gasteiger partial charge >= 0.3 is 0 Å². The molecule has 4 heteroatoms. The zero-order valence-corrected chi connectivity index (χ0v) is 12.1. The molecule has 0 aromatic heterocycles. The van der Waals surface area contributed by atoms with E-state index in [-0.39, 0.29) is 17.9 Å². The molecule has 1 saturated carbocycles. The standard InChI is InChI=1S/C16H23N3O/c1-2-18-9-10-19(15-6-4-3-5-14(15)18)16(20)12-7-8-13(17)11-12/h3-6,12-13H,2,7-11,17H2,1H3. The van der Waals surface area contributed by atoms with Crippen molar-refractivity contribution in [2.75, 3.05) is 29.4 Å². The van der Waals surface area contributed by atoms with Gasteiger partial charge in [0.1, 0.15) is 0 Å². The molecular formula is C16H23N3O. The molecule has 2 N–H and O–H groups in total. The second-order valence-corrected chi connectivity index (χ2v) is 5.83. The first-order valence-electron chi connectivity index (χ1n) is 7.61. The van der Waals surface area contributed by atoms with Gasteiger partial charge in [-0.15, -0.1) is 0 Å². The maximum absolute atomic E-state index is 12.8. The number of nitrogens with zero attached hydrogens (tertiary/aromatic N) is 2. The highest BCUT2D eigenvalue weighted by Gasteiger charge is 2.34. The van der Waals surface area contributed by atoms with Crippen LogP contribution in [0.5, 0.6) is 0 Å². The molecule has 1 aliphatic carbocycles. The average Bonchev–Trinajstić information content (AvgIpc) is 2.92. The zero-order chi connectivity index (χ0) is 14.1. The van der Waals surface area contributed by atoms with Gasteiger partial charge in [0, 0.05) is 31.6 Å². The van der Waals surface area contributed by atoms with Crippen LogP contribution in [0, 0.1) is 5.92 Å². The first-order valence-corrected chi connectivity index (χ1v) is 7.61. The van der Waals surface area contributed by atoms with Crippen molar-refractivity contribution in [1.82, 2.24) is 0 Å². The van der Waals surface area contributed by atoms with Gasteiger partial charge in [0.25, 0.3) is 0 Å². The van der Waals surface area contributed by atoms with Crippen molar-refractivity contribution in [1.29, 1.82) is 0 Å². The number of carbonyl (C=O) groups is 1. The Bertz CT molecular complexity index is 502. The van der Waals surface area contributed by atoms with Crippen molar-refractivity contribution in [3.63, 3.8) is 0 Å². The number of likely N-dealkylation sites (N-methyl/N-ethyl adjacent to an activating group) is 1. The smallest absolute Gasteiger partial charge is 0.230 e. The zero-order valence-electron chi connectivity index (χ0n) is 12.1. The molecule has 1 aromatic carbocycles. The number of benzene rings is 1. The highest BCUT2D eigenvalue weighted by atomic mass is 16.2. The molecular weight excluding hydrogens is 250 g/mol. The van der Waals surface area contributed by atoms with Gasteiger partial charge in [0.05, 0.1) is 11.4 Å². The molecule has 0 saturated heterocycles. The molecule has 1 amide bonds. The van der Waals surface area contributed by atoms with Crippen LogP contribution in [0.3, 0.4) is 0 Å². The molecule has 108 valence electrons. The maximum atomic E-state index is 12.8. The molecule has 0 bridgehead atoms. The van der Waals surface area contributed by atoms with Gasteiger partial charge in [0.15, 0.2) is 0 Å². The van der Waals surface area contributed by atoms with Gasteiger partial charge in [-0.1, -0.05) is 12.1 Å². The lowest BCUT2D eigenvalue weighted by molar-refractivity contribution is -0.122. The Morgan fingerprint density at radius 2 is 2.00 bits per heavy atom. The Hall–Kier alpha value is -1.55. The van der Waals surface area contributed by atoms with E-state index in [0.717, 1.165) is 44.6 Å². The molecule has 1 heterocycles. The number of rotatable bonds is 2. The minimum Gasteiger partial charge on any atom is -0.368 e. The molecule has 3 rings (SSSR count). The van der Waals surface area contributed by atoms with Crippen LogP contribution in [-0.4, -0.2) is 31.6 Å². The number of hydrogen-bond donors (Lipinski definition) is 1. The number of para-hydroxylation sites is 2. The fraction of sp³-hybridized carbons (Fsp3) is 0.562. The van der Waals surface area contributed by atoms with E-state index in [0.29, 0.717) is 0 Å². The highest BCUT2D eigenvalue weighted by Crippen LogP contribution is 2.35. The van der Waals surface area contributed by atoms with Crippen LogP contribution in [0.1, 0.15) is 26.2 Å². The summed E-state index contributed by atoms with van der Waals surface area (Å²) in [7, 11) is 0. The van der Waals surface area contributed by atoms with Crippen LogP contribution in [0.15, 0.2) is 24.3 Å². The molecule has 2 unspecified atom stereocenters. The number of carbonyl (C=O) groups excluding carboxylic acids is 1. The second-order valence-electron chi connectivity index (χ2n) is 5.83. The van der Waals surface area contributed by atoms with Crippen LogP contribution < -0.4 is 15.5 Å². The Kier molecular flexibility index (Phi) is 3.66. The summed E-state index contributed by atoms with van der Waals surface area (Å²) in [5.74, 6) is 0.382. The van der Waals surface area contributed by atoms with E-state index in [1.807, 2.05) is 17.0 Å². The van der Waals surface area contributed by atoms with Crippen molar-refractivity contribution in [3.8, 4) is 0 Å². The third-order valence-corrected chi connectivity index (χ3v) is 4.58. The number of nitrogens with two attached hydrogens (primary N) is 1. The van der Waals surface area contributed by atoms with Gasteiger partial charge in [-0.05, 0) is 38.3 Å². The fourth-order valence-corrected chi connectivity index (χ4v) is 3.44. The van der Waals surface area contributed by atoms with Crippen LogP contribution in [0.4, 0.5) is 11.4 Å². The van der Waals surface area contributed by atoms with Crippen LogP contribution in [0.2, 0.25) is 0 Å². The topological polar surface area (TPSA) is 49.6 Å². The summed E-state index contributed by atoms with van der Waals surface area (Å²) in [5, 5.41) is 0. The summed E-state index contributed by atoms with van der Waals surface area (Å²) in [6.45, 7) is 4.84. The predicted octanol–water partition coefficient (Wildman–Crippen LogP) is 1.99. The van der Waals surface area contributed by atoms with E-state index in [4.69, 9.17) is 5.73 Å². The van der Waals surface area contributed by atoms with Crippen molar-refractivity contribution >= 4 is 17.3 Å². The van der Waals surface area contributed by atoms with E-state index in [1.165, 1.54) is 5.69 Å². The minimum atomic E-state index is 0.117. The van der Waals surface area contributed by atoms with E-state index < -0.39 is 0 Å². The Balaban J connectivity index is 1.86. The van der Waals surface area contributed by atoms with Crippen LogP contribution >= 0.6 is 0 Å². The molecule has 0 radical (unpaired) electrons. The molecule has 1 aliphatic heterocycles. The van der Waals surface area contributed by atoms with Gasteiger partial charge in [-0.3, -0.25) is 4.79 Å². The lowest BCUT2D eigenvalue weighted by atomic mass is 10.0. The quantitative estimate of drug-likeness (QED) is 0.896. The number of amides is 1. The number of fused-ring (bicyclic) bond motifs is 1. The van der Waals surface area contributed by atoms with Gasteiger partial charge in [-0.25, -0.2) is 0 Å². The first-order chi connectivity index (χ1) is 9.70. The molecule has 2 atom stereocenters. The molecule has 0 spiro atoms. The van der Waals surface area contributed by atoms with Gasteiger partial charge < -0.3 is 15.5 Å². The Morgan fingerprint density at radius 1 is 1.25 bits per heavy atom. The van der Waals surface area contributed by atoms with Gasteiger partial charge in [-0.2, -0.15) is 0 Å². The first kappa shape index (κ1) is 13.4. The van der Waals surface area contributed by atoms with Crippen molar-refractivity contribution < 1.29 is 4.79 Å². The maximum Gasteiger partial charge on any atom is 0.230 e. The van der Waals surface area contributed by atoms with Gasteiger partial charge in [0.2, 0.25) is 5.91 Å². The lowest BCUT2D eigenvalue weighted by Crippen LogP contribution is -2.46. The Labute approximate surface area is 120 Å². The van der Waals surface area contributed by atoms with E-state index >= 15 is 0 Å². The molecule has 1 aromatic rings. The van der Waals surface area contributed by atoms with Crippen molar-refractivity contribution in [3.05, 3.63) is 24.3 Å². The van der Waals surface area contributed by atoms with E-state index in [9.17, 15) is 4.79 Å². The largest absolute Gasteiger partial charge is 0.368 e. The van der Waals surface area contributed by atoms with Crippen LogP contribution in [-0.2, 0) is 4.79 Å². The summed E-state index contributed by atoms with van der Waals surface area (Å²) in [6, 6.07) is 8.43. The van der Waals surface area contributed by atoms with E-state index in [2.05, 4.69) is 24.0 Å². The molecule has 20 heavy (non-hydrogen) atoms. The minimum absolute atomic E-state index is 0.117. The summed E-state index contributed by atoms with van der Waals surface area (Å²) in [6.07, 6.45) is 2.76. The average molecular weight is 273 g/mol. The molecule has 4 nitrogen and oxygen atoms in total. The predicted molar refractivity (Wildman–Crippen MR) is 82.0 cm³/mol.